The van der Waals surface area contributed by atoms with Gasteiger partial charge in [-0.25, -0.2) is 9.67 Å². The number of hydrogen-bond acceptors (Lipinski definition) is 4. The van der Waals surface area contributed by atoms with Crippen molar-refractivity contribution < 1.29 is 18.0 Å². The Kier molecular flexibility index (Phi) is 6.50. The Balaban J connectivity index is 1.63. The van der Waals surface area contributed by atoms with E-state index in [1.165, 1.54) is 6.07 Å². The van der Waals surface area contributed by atoms with Gasteiger partial charge in [-0.15, -0.1) is 0 Å². The summed E-state index contributed by atoms with van der Waals surface area (Å²) in [6, 6.07) is 12.0. The molecular formula is C21H21F3N4OS. The number of pyridine rings is 1. The highest BCUT2D eigenvalue weighted by atomic mass is 32.2. The van der Waals surface area contributed by atoms with Crippen molar-refractivity contribution in [3.05, 3.63) is 71.2 Å². The van der Waals surface area contributed by atoms with Crippen molar-refractivity contribution in [1.82, 2.24) is 19.7 Å². The second-order valence-electron chi connectivity index (χ2n) is 6.82. The summed E-state index contributed by atoms with van der Waals surface area (Å²) in [6.07, 6.45) is -3.65. The van der Waals surface area contributed by atoms with Gasteiger partial charge in [0.2, 0.25) is 5.91 Å². The lowest BCUT2D eigenvalue weighted by molar-refractivity contribution is -0.138. The van der Waals surface area contributed by atoms with Crippen LogP contribution in [-0.4, -0.2) is 38.4 Å². The molecule has 0 aliphatic rings. The van der Waals surface area contributed by atoms with E-state index in [9.17, 15) is 18.0 Å². The van der Waals surface area contributed by atoms with Crippen LogP contribution in [0.5, 0.6) is 0 Å². The highest BCUT2D eigenvalue weighted by molar-refractivity contribution is 7.99. The van der Waals surface area contributed by atoms with Crippen LogP contribution in [0.25, 0.3) is 5.69 Å². The average molecular weight is 434 g/mol. The summed E-state index contributed by atoms with van der Waals surface area (Å²) in [4.78, 5) is 17.9. The fourth-order valence-electron chi connectivity index (χ4n) is 2.93. The molecule has 3 rings (SSSR count). The van der Waals surface area contributed by atoms with Gasteiger partial charge in [0, 0.05) is 31.0 Å². The first-order valence-corrected chi connectivity index (χ1v) is 10.2. The van der Waals surface area contributed by atoms with Crippen LogP contribution in [0, 0.1) is 13.8 Å². The van der Waals surface area contributed by atoms with Crippen LogP contribution in [0.15, 0.2) is 53.7 Å². The Morgan fingerprint density at radius 2 is 1.83 bits per heavy atom. The Morgan fingerprint density at radius 3 is 2.43 bits per heavy atom. The molecule has 2 heterocycles. The molecule has 0 radical (unpaired) electrons. The summed E-state index contributed by atoms with van der Waals surface area (Å²) >= 11 is 1.11. The van der Waals surface area contributed by atoms with Crippen molar-refractivity contribution >= 4 is 17.7 Å². The van der Waals surface area contributed by atoms with Crippen molar-refractivity contribution in [2.75, 3.05) is 12.8 Å². The fraction of sp³-hybridized carbons (Fsp3) is 0.286. The number of carbonyl (C=O) groups is 1. The van der Waals surface area contributed by atoms with Crippen LogP contribution in [-0.2, 0) is 17.5 Å². The Bertz CT molecular complexity index is 1020. The molecule has 1 amide bonds. The van der Waals surface area contributed by atoms with E-state index in [4.69, 9.17) is 0 Å². The van der Waals surface area contributed by atoms with Crippen LogP contribution >= 0.6 is 11.8 Å². The van der Waals surface area contributed by atoms with Crippen LogP contribution < -0.4 is 0 Å². The first-order valence-electron chi connectivity index (χ1n) is 9.17. The molecule has 1 aromatic carbocycles. The molecule has 158 valence electrons. The highest BCUT2D eigenvalue weighted by Gasteiger charge is 2.30. The Labute approximate surface area is 176 Å². The molecule has 3 aromatic rings. The van der Waals surface area contributed by atoms with E-state index in [1.54, 1.807) is 11.9 Å². The van der Waals surface area contributed by atoms with Crippen LogP contribution in [0.3, 0.4) is 0 Å². The summed E-state index contributed by atoms with van der Waals surface area (Å²) in [5.74, 6) is -0.0623. The predicted molar refractivity (Wildman–Crippen MR) is 109 cm³/mol. The number of nitrogens with zero attached hydrogens (tertiary/aromatic N) is 4. The maximum absolute atomic E-state index is 12.6. The van der Waals surface area contributed by atoms with Gasteiger partial charge in [-0.05, 0) is 38.1 Å². The minimum absolute atomic E-state index is 0.0831. The topological polar surface area (TPSA) is 51.0 Å². The monoisotopic (exact) mass is 434 g/mol. The molecule has 0 aliphatic heterocycles. The van der Waals surface area contributed by atoms with Crippen LogP contribution in [0.4, 0.5) is 13.2 Å². The lowest BCUT2D eigenvalue weighted by Gasteiger charge is -2.17. The fourth-order valence-corrected chi connectivity index (χ4v) is 3.71. The molecule has 0 N–H and O–H groups in total. The Hall–Kier alpha value is -2.81. The zero-order valence-electron chi connectivity index (χ0n) is 16.8. The van der Waals surface area contributed by atoms with Gasteiger partial charge in [0.05, 0.1) is 27.7 Å². The van der Waals surface area contributed by atoms with Crippen molar-refractivity contribution in [2.24, 2.45) is 0 Å². The summed E-state index contributed by atoms with van der Waals surface area (Å²) in [5, 5.41) is 4.96. The van der Waals surface area contributed by atoms with E-state index in [2.05, 4.69) is 10.1 Å². The smallest absolute Gasteiger partial charge is 0.341 e. The number of halogens is 3. The third-order valence-electron chi connectivity index (χ3n) is 4.67. The summed E-state index contributed by atoms with van der Waals surface area (Å²) in [7, 11) is 1.70. The second-order valence-corrected chi connectivity index (χ2v) is 7.81. The molecule has 30 heavy (non-hydrogen) atoms. The van der Waals surface area contributed by atoms with Crippen molar-refractivity contribution in [1.29, 1.82) is 0 Å². The number of hydrogen-bond donors (Lipinski definition) is 0. The molecule has 0 bridgehead atoms. The van der Waals surface area contributed by atoms with Gasteiger partial charge in [0.25, 0.3) is 0 Å². The van der Waals surface area contributed by atoms with Crippen LogP contribution in [0.2, 0.25) is 0 Å². The minimum Gasteiger partial charge on any atom is -0.341 e. The first kappa shape index (κ1) is 21.9. The number of amides is 1. The van der Waals surface area contributed by atoms with Crippen LogP contribution in [0.1, 0.15) is 22.5 Å². The van der Waals surface area contributed by atoms with Gasteiger partial charge < -0.3 is 4.90 Å². The Morgan fingerprint density at radius 1 is 1.13 bits per heavy atom. The molecular weight excluding hydrogens is 413 g/mol. The zero-order valence-corrected chi connectivity index (χ0v) is 17.6. The van der Waals surface area contributed by atoms with Gasteiger partial charge >= 0.3 is 6.18 Å². The van der Waals surface area contributed by atoms with E-state index < -0.39 is 11.7 Å². The minimum atomic E-state index is -4.42. The zero-order chi connectivity index (χ0) is 21.9. The van der Waals surface area contributed by atoms with E-state index in [0.29, 0.717) is 11.6 Å². The summed E-state index contributed by atoms with van der Waals surface area (Å²) in [5.41, 5.74) is 2.90. The molecule has 0 spiro atoms. The molecule has 0 saturated carbocycles. The maximum Gasteiger partial charge on any atom is 0.417 e. The number of carbonyl (C=O) groups excluding carboxylic acids is 1. The van der Waals surface area contributed by atoms with Crippen molar-refractivity contribution in [3.63, 3.8) is 0 Å². The number of alkyl halides is 3. The molecule has 0 unspecified atom stereocenters. The van der Waals surface area contributed by atoms with E-state index in [0.717, 1.165) is 46.7 Å². The lowest BCUT2D eigenvalue weighted by Crippen LogP contribution is -2.28. The van der Waals surface area contributed by atoms with E-state index in [1.807, 2.05) is 48.9 Å². The largest absolute Gasteiger partial charge is 0.417 e. The molecule has 0 fully saturated rings. The van der Waals surface area contributed by atoms with Gasteiger partial charge in [-0.3, -0.25) is 4.79 Å². The van der Waals surface area contributed by atoms with E-state index in [-0.39, 0.29) is 11.7 Å². The molecule has 0 saturated heterocycles. The number of aryl methyl sites for hydroxylation is 1. The number of thioether (sulfide) groups is 1. The number of para-hydroxylation sites is 1. The van der Waals surface area contributed by atoms with Gasteiger partial charge in [0.1, 0.15) is 0 Å². The second kappa shape index (κ2) is 8.91. The molecule has 0 aliphatic carbocycles. The molecule has 5 nitrogen and oxygen atoms in total. The first-order chi connectivity index (χ1) is 14.2. The average Bonchev–Trinajstić information content (AvgIpc) is 3.00. The third kappa shape index (κ3) is 5.02. The maximum atomic E-state index is 12.6. The van der Waals surface area contributed by atoms with Crippen molar-refractivity contribution in [3.8, 4) is 5.69 Å². The molecule has 2 aromatic heterocycles. The lowest BCUT2D eigenvalue weighted by atomic mass is 10.2. The van der Waals surface area contributed by atoms with Gasteiger partial charge in [-0.1, -0.05) is 30.0 Å². The normalized spacial score (nSPS) is 11.5. The number of aromatic nitrogens is 3. The number of benzene rings is 1. The molecule has 0 atom stereocenters. The molecule has 9 heteroatoms. The predicted octanol–water partition coefficient (Wildman–Crippen LogP) is 4.65. The standard InChI is InChI=1S/C21H21F3N4OS/c1-14-18(15(2)28(26-14)17-7-5-4-6-8-17)12-27(3)20(29)13-30-19-10-9-16(11-25-19)21(22,23)24/h4-11H,12-13H2,1-3H3. The quantitative estimate of drug-likeness (QED) is 0.530. The highest BCUT2D eigenvalue weighted by Crippen LogP contribution is 2.29. The SMILES string of the molecule is Cc1nn(-c2ccccc2)c(C)c1CN(C)C(=O)CSc1ccc(C(F)(F)F)cn1. The van der Waals surface area contributed by atoms with Gasteiger partial charge in [-0.2, -0.15) is 18.3 Å². The van der Waals surface area contributed by atoms with Gasteiger partial charge in [0.15, 0.2) is 0 Å². The van der Waals surface area contributed by atoms with E-state index >= 15 is 0 Å². The van der Waals surface area contributed by atoms with Crippen molar-refractivity contribution in [2.45, 2.75) is 31.6 Å². The number of rotatable bonds is 6. The summed E-state index contributed by atoms with van der Waals surface area (Å²) in [6.45, 7) is 4.26. The third-order valence-corrected chi connectivity index (χ3v) is 5.60. The summed E-state index contributed by atoms with van der Waals surface area (Å²) < 4.78 is 39.7.